The first-order chi connectivity index (χ1) is 7.08. The van der Waals surface area contributed by atoms with Crippen LogP contribution in [-0.4, -0.2) is 15.1 Å². The van der Waals surface area contributed by atoms with Gasteiger partial charge in [-0.15, -0.1) is 0 Å². The van der Waals surface area contributed by atoms with E-state index in [0.29, 0.717) is 10.4 Å². The summed E-state index contributed by atoms with van der Waals surface area (Å²) in [6.45, 7) is 0. The molecule has 15 heavy (non-hydrogen) atoms. The van der Waals surface area contributed by atoms with E-state index in [4.69, 9.17) is 4.42 Å². The summed E-state index contributed by atoms with van der Waals surface area (Å²) >= 11 is 4.84. The fourth-order valence-electron chi connectivity index (χ4n) is 1.01. The molecule has 0 radical (unpaired) electrons. The van der Waals surface area contributed by atoms with Crippen LogP contribution in [0.2, 0.25) is 0 Å². The Kier molecular flexibility index (Phi) is 2.83. The first-order valence-electron chi connectivity index (χ1n) is 3.82. The molecule has 78 valence electrons. The molecule has 0 spiro atoms. The van der Waals surface area contributed by atoms with Gasteiger partial charge in [-0.3, -0.25) is 4.79 Å². The topological polar surface area (TPSA) is 79.1 Å². The molecular formula is C8H4BrIN2O3. The number of hydrogen-bond acceptors (Lipinski definition) is 4. The van der Waals surface area contributed by atoms with Crippen molar-refractivity contribution >= 4 is 38.5 Å². The largest absolute Gasteiger partial charge is 0.492 e. The van der Waals surface area contributed by atoms with Gasteiger partial charge in [0, 0.05) is 0 Å². The molecule has 0 bridgehead atoms. The highest BCUT2D eigenvalue weighted by molar-refractivity contribution is 14.1. The van der Waals surface area contributed by atoms with Crippen LogP contribution in [0.5, 0.6) is 5.88 Å². The summed E-state index contributed by atoms with van der Waals surface area (Å²) in [4.78, 5) is 17.6. The second kappa shape index (κ2) is 3.97. The average molecular weight is 383 g/mol. The van der Waals surface area contributed by atoms with E-state index in [-0.39, 0.29) is 15.3 Å². The van der Waals surface area contributed by atoms with Crippen molar-refractivity contribution in [3.05, 3.63) is 30.7 Å². The predicted molar refractivity (Wildman–Crippen MR) is 64.6 cm³/mol. The first-order valence-corrected chi connectivity index (χ1v) is 5.69. The van der Waals surface area contributed by atoms with Gasteiger partial charge in [0.2, 0.25) is 5.88 Å². The van der Waals surface area contributed by atoms with Gasteiger partial charge in [-0.2, -0.15) is 4.98 Å². The number of aromatic nitrogens is 2. The summed E-state index contributed by atoms with van der Waals surface area (Å²) in [5, 5.41) is 9.36. The minimum absolute atomic E-state index is 0.155. The zero-order chi connectivity index (χ0) is 11.0. The third kappa shape index (κ3) is 2.07. The van der Waals surface area contributed by atoms with Crippen LogP contribution in [0.1, 0.15) is 0 Å². The molecule has 0 atom stereocenters. The SMILES string of the molecule is O=c1[nH]c(-c2ccc(Br)o2)nc(O)c1I. The van der Waals surface area contributed by atoms with Crippen molar-refractivity contribution < 1.29 is 9.52 Å². The molecule has 7 heteroatoms. The Balaban J connectivity index is 2.60. The third-order valence-electron chi connectivity index (χ3n) is 1.65. The van der Waals surface area contributed by atoms with Crippen LogP contribution >= 0.6 is 38.5 Å². The van der Waals surface area contributed by atoms with Gasteiger partial charge in [-0.1, -0.05) is 0 Å². The molecule has 0 aliphatic heterocycles. The smallest absolute Gasteiger partial charge is 0.268 e. The van der Waals surface area contributed by atoms with E-state index >= 15 is 0 Å². The van der Waals surface area contributed by atoms with Crippen molar-refractivity contribution in [2.24, 2.45) is 0 Å². The lowest BCUT2D eigenvalue weighted by Gasteiger charge is -1.98. The standard InChI is InChI=1S/C8H4BrIN2O3/c9-4-2-1-3(15-4)6-11-7(13)5(10)8(14)12-6/h1-2H,(H2,11,12,13,14). The summed E-state index contributed by atoms with van der Waals surface area (Å²) < 4.78 is 5.87. The predicted octanol–water partition coefficient (Wildman–Crippen LogP) is 2.10. The summed E-state index contributed by atoms with van der Waals surface area (Å²) in [5.41, 5.74) is -0.398. The van der Waals surface area contributed by atoms with Crippen LogP contribution in [0.3, 0.4) is 0 Å². The molecule has 0 amide bonds. The van der Waals surface area contributed by atoms with E-state index in [0.717, 1.165) is 0 Å². The van der Waals surface area contributed by atoms with Crippen molar-refractivity contribution in [3.8, 4) is 17.5 Å². The Morgan fingerprint density at radius 2 is 2.27 bits per heavy atom. The molecular weight excluding hydrogens is 379 g/mol. The molecule has 2 heterocycles. The number of nitrogens with zero attached hydrogens (tertiary/aromatic N) is 1. The minimum Gasteiger partial charge on any atom is -0.492 e. The van der Waals surface area contributed by atoms with E-state index in [1.807, 2.05) is 0 Å². The second-order valence-corrected chi connectivity index (χ2v) is 4.52. The van der Waals surface area contributed by atoms with Gasteiger partial charge < -0.3 is 14.5 Å². The maximum absolute atomic E-state index is 11.3. The normalized spacial score (nSPS) is 10.5. The minimum atomic E-state index is -0.398. The highest BCUT2D eigenvalue weighted by Crippen LogP contribution is 2.23. The number of aromatic hydroxyl groups is 1. The molecule has 0 fully saturated rings. The molecule has 0 unspecified atom stereocenters. The van der Waals surface area contributed by atoms with Gasteiger partial charge in [0.25, 0.3) is 5.56 Å². The molecule has 0 saturated heterocycles. The Hall–Kier alpha value is -0.830. The summed E-state index contributed by atoms with van der Waals surface area (Å²) in [7, 11) is 0. The van der Waals surface area contributed by atoms with Crippen LogP contribution in [-0.2, 0) is 0 Å². The van der Waals surface area contributed by atoms with Gasteiger partial charge in [0.15, 0.2) is 16.3 Å². The summed E-state index contributed by atoms with van der Waals surface area (Å²) in [6.07, 6.45) is 0. The quantitative estimate of drug-likeness (QED) is 0.740. The van der Waals surface area contributed by atoms with E-state index in [1.54, 1.807) is 34.7 Å². The van der Waals surface area contributed by atoms with Gasteiger partial charge in [-0.05, 0) is 50.7 Å². The zero-order valence-electron chi connectivity index (χ0n) is 7.12. The Bertz CT molecular complexity index is 563. The molecule has 0 aliphatic carbocycles. The number of hydrogen-bond donors (Lipinski definition) is 2. The monoisotopic (exact) mass is 382 g/mol. The van der Waals surface area contributed by atoms with E-state index in [1.165, 1.54) is 0 Å². The molecule has 5 nitrogen and oxygen atoms in total. The molecule has 2 rings (SSSR count). The number of nitrogens with one attached hydrogen (secondary N) is 1. The van der Waals surface area contributed by atoms with Gasteiger partial charge in [0.1, 0.15) is 3.57 Å². The highest BCUT2D eigenvalue weighted by atomic mass is 127. The van der Waals surface area contributed by atoms with E-state index < -0.39 is 5.56 Å². The number of furan rings is 1. The summed E-state index contributed by atoms with van der Waals surface area (Å²) in [6, 6.07) is 3.30. The number of rotatable bonds is 1. The first kappa shape index (κ1) is 10.7. The highest BCUT2D eigenvalue weighted by Gasteiger charge is 2.11. The van der Waals surface area contributed by atoms with Crippen LogP contribution in [0, 0.1) is 3.57 Å². The third-order valence-corrected chi connectivity index (χ3v) is 3.05. The molecule has 2 N–H and O–H groups in total. The lowest BCUT2D eigenvalue weighted by molar-refractivity contribution is 0.445. The average Bonchev–Trinajstić information content (AvgIpc) is 2.60. The lowest BCUT2D eigenvalue weighted by atomic mass is 10.4. The maximum Gasteiger partial charge on any atom is 0.268 e. The van der Waals surface area contributed by atoms with Gasteiger partial charge >= 0.3 is 0 Å². The number of H-pyrrole nitrogens is 1. The van der Waals surface area contributed by atoms with E-state index in [9.17, 15) is 9.90 Å². The van der Waals surface area contributed by atoms with Crippen LogP contribution in [0.25, 0.3) is 11.6 Å². The molecule has 0 saturated carbocycles. The van der Waals surface area contributed by atoms with Gasteiger partial charge in [0.05, 0.1) is 0 Å². The van der Waals surface area contributed by atoms with Crippen molar-refractivity contribution in [2.75, 3.05) is 0 Å². The van der Waals surface area contributed by atoms with Crippen molar-refractivity contribution in [2.45, 2.75) is 0 Å². The van der Waals surface area contributed by atoms with Crippen molar-refractivity contribution in [1.29, 1.82) is 0 Å². The van der Waals surface area contributed by atoms with Crippen LogP contribution < -0.4 is 5.56 Å². The number of halogens is 2. The lowest BCUT2D eigenvalue weighted by Crippen LogP contribution is -2.12. The molecule has 0 aromatic carbocycles. The Morgan fingerprint density at radius 3 is 2.80 bits per heavy atom. The zero-order valence-corrected chi connectivity index (χ0v) is 10.9. The Labute approximate surface area is 106 Å². The maximum atomic E-state index is 11.3. The van der Waals surface area contributed by atoms with Crippen molar-refractivity contribution in [3.63, 3.8) is 0 Å². The van der Waals surface area contributed by atoms with Crippen molar-refractivity contribution in [1.82, 2.24) is 9.97 Å². The van der Waals surface area contributed by atoms with Gasteiger partial charge in [-0.25, -0.2) is 0 Å². The molecule has 2 aromatic heterocycles. The fraction of sp³-hybridized carbons (Fsp3) is 0. The second-order valence-electron chi connectivity index (χ2n) is 2.66. The Morgan fingerprint density at radius 1 is 1.53 bits per heavy atom. The number of aromatic amines is 1. The van der Waals surface area contributed by atoms with Crippen LogP contribution in [0.4, 0.5) is 0 Å². The fourth-order valence-corrected chi connectivity index (χ4v) is 1.57. The molecule has 0 aliphatic rings. The summed E-state index contributed by atoms with van der Waals surface area (Å²) in [5.74, 6) is 0.274. The molecule has 2 aromatic rings. The van der Waals surface area contributed by atoms with Crippen LogP contribution in [0.15, 0.2) is 26.0 Å². The van der Waals surface area contributed by atoms with E-state index in [2.05, 4.69) is 25.9 Å².